The lowest BCUT2D eigenvalue weighted by molar-refractivity contribution is 0.446. The van der Waals surface area contributed by atoms with Crippen LogP contribution >= 0.6 is 0 Å². The smallest absolute Gasteiger partial charge is 0.0102 e. The minimum atomic E-state index is 0.417. The third-order valence-corrected chi connectivity index (χ3v) is 1.81. The van der Waals surface area contributed by atoms with Gasteiger partial charge in [-0.2, -0.15) is 0 Å². The summed E-state index contributed by atoms with van der Waals surface area (Å²) >= 11 is 0. The second kappa shape index (κ2) is 2.31. The van der Waals surface area contributed by atoms with Crippen LogP contribution in [0.2, 0.25) is 0 Å². The molecule has 0 saturated carbocycles. The maximum Gasteiger partial charge on any atom is 0.0102 e. The van der Waals surface area contributed by atoms with Crippen LogP contribution in [-0.4, -0.2) is 6.04 Å². The van der Waals surface area contributed by atoms with E-state index in [1.807, 2.05) is 0 Å². The highest BCUT2D eigenvalue weighted by molar-refractivity contribution is 4.94. The van der Waals surface area contributed by atoms with Gasteiger partial charge in [0.25, 0.3) is 0 Å². The van der Waals surface area contributed by atoms with Gasteiger partial charge in [0.15, 0.2) is 0 Å². The number of hydrogen-bond acceptors (Lipinski definition) is 1. The summed E-state index contributed by atoms with van der Waals surface area (Å²) in [6.45, 7) is 2.20. The molecular weight excluding hydrogens is 98.1 g/mol. The molecule has 0 aromatic rings. The molecule has 0 saturated heterocycles. The van der Waals surface area contributed by atoms with E-state index in [9.17, 15) is 0 Å². The van der Waals surface area contributed by atoms with Crippen LogP contribution in [0.5, 0.6) is 0 Å². The molecule has 8 heavy (non-hydrogen) atoms. The summed E-state index contributed by atoms with van der Waals surface area (Å²) in [5, 5.41) is 0. The molecule has 1 aliphatic carbocycles. The van der Waals surface area contributed by atoms with Gasteiger partial charge in [-0.3, -0.25) is 0 Å². The summed E-state index contributed by atoms with van der Waals surface area (Å²) in [7, 11) is 0. The van der Waals surface area contributed by atoms with Gasteiger partial charge in [0.2, 0.25) is 0 Å². The third-order valence-electron chi connectivity index (χ3n) is 1.81. The maximum atomic E-state index is 5.73. The molecule has 46 valence electrons. The van der Waals surface area contributed by atoms with Gasteiger partial charge in [-0.25, -0.2) is 0 Å². The Labute approximate surface area is 50.6 Å². The largest absolute Gasteiger partial charge is 0.327 e. The van der Waals surface area contributed by atoms with E-state index >= 15 is 0 Å². The van der Waals surface area contributed by atoms with Crippen LogP contribution in [0.1, 0.15) is 19.8 Å². The predicted molar refractivity (Wildman–Crippen MR) is 35.5 cm³/mol. The predicted octanol–water partition coefficient (Wildman–Crippen LogP) is 1.30. The first-order chi connectivity index (χ1) is 3.80. The van der Waals surface area contributed by atoms with Crippen molar-refractivity contribution in [2.45, 2.75) is 25.8 Å². The van der Waals surface area contributed by atoms with Crippen LogP contribution in [-0.2, 0) is 0 Å². The highest BCUT2D eigenvalue weighted by Crippen LogP contribution is 2.15. The number of nitrogens with two attached hydrogens (primary N) is 1. The fraction of sp³-hybridized carbons (Fsp3) is 0.714. The van der Waals surface area contributed by atoms with Gasteiger partial charge in [-0.1, -0.05) is 19.1 Å². The van der Waals surface area contributed by atoms with E-state index < -0.39 is 0 Å². The summed E-state index contributed by atoms with van der Waals surface area (Å²) in [5.74, 6) is 0.694. The third kappa shape index (κ3) is 1.10. The van der Waals surface area contributed by atoms with Crippen molar-refractivity contribution < 1.29 is 0 Å². The summed E-state index contributed by atoms with van der Waals surface area (Å²) in [5.41, 5.74) is 5.73. The van der Waals surface area contributed by atoms with E-state index in [1.54, 1.807) is 0 Å². The zero-order chi connectivity index (χ0) is 5.98. The molecule has 0 bridgehead atoms. The van der Waals surface area contributed by atoms with Crippen molar-refractivity contribution in [2.75, 3.05) is 0 Å². The van der Waals surface area contributed by atoms with Gasteiger partial charge in [0.05, 0.1) is 0 Å². The van der Waals surface area contributed by atoms with E-state index in [-0.39, 0.29) is 0 Å². The molecule has 0 unspecified atom stereocenters. The van der Waals surface area contributed by atoms with Gasteiger partial charge < -0.3 is 5.73 Å². The zero-order valence-electron chi connectivity index (χ0n) is 5.30. The van der Waals surface area contributed by atoms with Crippen LogP contribution < -0.4 is 5.73 Å². The lowest BCUT2D eigenvalue weighted by atomic mass is 9.92. The zero-order valence-corrected chi connectivity index (χ0v) is 5.30. The van der Waals surface area contributed by atoms with Crippen molar-refractivity contribution in [2.24, 2.45) is 11.7 Å². The second-order valence-corrected chi connectivity index (χ2v) is 2.58. The van der Waals surface area contributed by atoms with Crippen molar-refractivity contribution >= 4 is 0 Å². The molecular formula is C7H13N. The van der Waals surface area contributed by atoms with Crippen LogP contribution in [0.3, 0.4) is 0 Å². The Morgan fingerprint density at radius 1 is 1.38 bits per heavy atom. The van der Waals surface area contributed by atoms with E-state index in [0.717, 1.165) is 6.42 Å². The highest BCUT2D eigenvalue weighted by Gasteiger charge is 2.11. The SMILES string of the molecule is C[C@@H]1CC=CC[C@H]1N. The first-order valence-electron chi connectivity index (χ1n) is 3.21. The van der Waals surface area contributed by atoms with E-state index in [0.29, 0.717) is 12.0 Å². The number of allylic oxidation sites excluding steroid dienone is 1. The summed E-state index contributed by atoms with van der Waals surface area (Å²) in [4.78, 5) is 0. The molecule has 0 amide bonds. The first kappa shape index (κ1) is 5.83. The standard InChI is InChI=1S/C7H13N/c1-6-4-2-3-5-7(6)8/h2-3,6-7H,4-5,8H2,1H3/t6-,7-/m1/s1. The first-order valence-corrected chi connectivity index (χ1v) is 3.21. The van der Waals surface area contributed by atoms with Gasteiger partial charge in [0.1, 0.15) is 0 Å². The molecule has 0 aromatic carbocycles. The molecule has 2 N–H and O–H groups in total. The molecule has 1 rings (SSSR count). The monoisotopic (exact) mass is 111 g/mol. The Morgan fingerprint density at radius 2 is 2.00 bits per heavy atom. The van der Waals surface area contributed by atoms with Crippen LogP contribution in [0.25, 0.3) is 0 Å². The Kier molecular flexibility index (Phi) is 1.69. The Bertz CT molecular complexity index is 84.6. The summed E-state index contributed by atoms with van der Waals surface area (Å²) in [6.07, 6.45) is 6.63. The van der Waals surface area contributed by atoms with Crippen molar-refractivity contribution in [1.82, 2.24) is 0 Å². The highest BCUT2D eigenvalue weighted by atomic mass is 14.6. The molecule has 0 heterocycles. The lowest BCUT2D eigenvalue weighted by Gasteiger charge is -2.19. The van der Waals surface area contributed by atoms with Crippen molar-refractivity contribution in [1.29, 1.82) is 0 Å². The van der Waals surface area contributed by atoms with Crippen molar-refractivity contribution in [3.8, 4) is 0 Å². The Morgan fingerprint density at radius 3 is 2.38 bits per heavy atom. The van der Waals surface area contributed by atoms with E-state index in [1.165, 1.54) is 6.42 Å². The summed E-state index contributed by atoms with van der Waals surface area (Å²) < 4.78 is 0. The average Bonchev–Trinajstić information content (AvgIpc) is 1.77. The molecule has 0 spiro atoms. The van der Waals surface area contributed by atoms with Gasteiger partial charge >= 0.3 is 0 Å². The van der Waals surface area contributed by atoms with E-state index in [2.05, 4.69) is 19.1 Å². The van der Waals surface area contributed by atoms with Crippen molar-refractivity contribution in [3.05, 3.63) is 12.2 Å². The molecule has 0 aromatic heterocycles. The second-order valence-electron chi connectivity index (χ2n) is 2.58. The minimum absolute atomic E-state index is 0.417. The lowest BCUT2D eigenvalue weighted by Crippen LogP contribution is -2.28. The quantitative estimate of drug-likeness (QED) is 0.468. The Hall–Kier alpha value is -0.300. The molecule has 1 heteroatoms. The Balaban J connectivity index is 2.44. The van der Waals surface area contributed by atoms with Gasteiger partial charge in [-0.05, 0) is 18.8 Å². The van der Waals surface area contributed by atoms with E-state index in [4.69, 9.17) is 5.73 Å². The molecule has 0 aliphatic heterocycles. The molecule has 1 aliphatic rings. The number of rotatable bonds is 0. The van der Waals surface area contributed by atoms with Crippen LogP contribution in [0.4, 0.5) is 0 Å². The molecule has 2 atom stereocenters. The van der Waals surface area contributed by atoms with Crippen LogP contribution in [0, 0.1) is 5.92 Å². The average molecular weight is 111 g/mol. The fourth-order valence-corrected chi connectivity index (χ4v) is 0.971. The van der Waals surface area contributed by atoms with Crippen LogP contribution in [0.15, 0.2) is 12.2 Å². The normalized spacial score (nSPS) is 37.8. The maximum absolute atomic E-state index is 5.73. The minimum Gasteiger partial charge on any atom is -0.327 e. The summed E-state index contributed by atoms with van der Waals surface area (Å²) in [6, 6.07) is 0.417. The molecule has 1 nitrogen and oxygen atoms in total. The topological polar surface area (TPSA) is 26.0 Å². The van der Waals surface area contributed by atoms with Crippen molar-refractivity contribution in [3.63, 3.8) is 0 Å². The van der Waals surface area contributed by atoms with Gasteiger partial charge in [-0.15, -0.1) is 0 Å². The molecule has 0 fully saturated rings. The molecule has 0 radical (unpaired) electrons. The number of hydrogen-bond donors (Lipinski definition) is 1. The van der Waals surface area contributed by atoms with Gasteiger partial charge in [0, 0.05) is 6.04 Å². The fourth-order valence-electron chi connectivity index (χ4n) is 0.971.